The van der Waals surface area contributed by atoms with E-state index in [1.807, 2.05) is 24.3 Å². The summed E-state index contributed by atoms with van der Waals surface area (Å²) >= 11 is 0. The van der Waals surface area contributed by atoms with Gasteiger partial charge in [-0.2, -0.15) is 0 Å². The topological polar surface area (TPSA) is 76.1 Å². The molecule has 2 aromatic carbocycles. The Morgan fingerprint density at radius 2 is 1.69 bits per heavy atom. The number of hydrogen-bond acceptors (Lipinski definition) is 4. The van der Waals surface area contributed by atoms with Crippen molar-refractivity contribution in [1.82, 2.24) is 4.90 Å². The van der Waals surface area contributed by atoms with Gasteiger partial charge in [-0.05, 0) is 35.1 Å². The number of carboxylic acids is 1. The van der Waals surface area contributed by atoms with Crippen LogP contribution in [0.15, 0.2) is 48.5 Å². The molecule has 1 N–H and O–H groups in total. The lowest BCUT2D eigenvalue weighted by Gasteiger charge is -2.39. The van der Waals surface area contributed by atoms with E-state index in [-0.39, 0.29) is 37.1 Å². The molecule has 1 heterocycles. The number of ether oxygens (including phenoxy) is 2. The Kier molecular flexibility index (Phi) is 4.32. The van der Waals surface area contributed by atoms with Crippen molar-refractivity contribution in [3.05, 3.63) is 59.7 Å². The molecule has 2 aliphatic carbocycles. The third kappa shape index (κ3) is 3.17. The average molecular weight is 393 g/mol. The molecule has 2 fully saturated rings. The number of fused-ring (bicyclic) bond motifs is 3. The second kappa shape index (κ2) is 6.88. The Bertz CT molecular complexity index is 922. The van der Waals surface area contributed by atoms with Gasteiger partial charge in [0.05, 0.1) is 31.2 Å². The zero-order chi connectivity index (χ0) is 20.0. The lowest BCUT2D eigenvalue weighted by Crippen LogP contribution is -2.54. The molecule has 1 saturated heterocycles. The highest BCUT2D eigenvalue weighted by molar-refractivity contribution is 5.79. The quantitative estimate of drug-likeness (QED) is 0.858. The van der Waals surface area contributed by atoms with E-state index in [9.17, 15) is 9.59 Å². The monoisotopic (exact) mass is 393 g/mol. The lowest BCUT2D eigenvalue weighted by molar-refractivity contribution is -0.143. The van der Waals surface area contributed by atoms with Crippen molar-refractivity contribution in [3.63, 3.8) is 0 Å². The number of rotatable bonds is 4. The first-order valence-corrected chi connectivity index (χ1v) is 10.0. The molecular formula is C23H23NO5. The smallest absolute Gasteiger partial charge is 0.410 e. The molecule has 0 radical (unpaired) electrons. The highest BCUT2D eigenvalue weighted by Gasteiger charge is 2.54. The van der Waals surface area contributed by atoms with Crippen molar-refractivity contribution < 1.29 is 24.2 Å². The second-order valence-electron chi connectivity index (χ2n) is 8.17. The zero-order valence-electron chi connectivity index (χ0n) is 16.0. The predicted octanol–water partition coefficient (Wildman–Crippen LogP) is 3.64. The van der Waals surface area contributed by atoms with Gasteiger partial charge in [-0.1, -0.05) is 48.5 Å². The molecular weight excluding hydrogens is 370 g/mol. The largest absolute Gasteiger partial charge is 0.481 e. The third-order valence-electron chi connectivity index (χ3n) is 6.33. The van der Waals surface area contributed by atoms with Crippen LogP contribution in [-0.4, -0.2) is 53.5 Å². The fraction of sp³-hybridized carbons (Fsp3) is 0.391. The van der Waals surface area contributed by atoms with Crippen molar-refractivity contribution in [2.45, 2.75) is 36.8 Å². The van der Waals surface area contributed by atoms with Gasteiger partial charge in [-0.3, -0.25) is 9.69 Å². The highest BCUT2D eigenvalue weighted by atomic mass is 16.6. The summed E-state index contributed by atoms with van der Waals surface area (Å²) in [5.41, 5.74) is 4.42. The van der Waals surface area contributed by atoms with Crippen LogP contribution in [0.25, 0.3) is 11.1 Å². The van der Waals surface area contributed by atoms with Gasteiger partial charge in [0.1, 0.15) is 6.61 Å². The van der Waals surface area contributed by atoms with E-state index >= 15 is 0 Å². The molecule has 6 nitrogen and oxygen atoms in total. The number of amides is 1. The fourth-order valence-corrected chi connectivity index (χ4v) is 4.62. The van der Waals surface area contributed by atoms with E-state index in [4.69, 9.17) is 14.6 Å². The summed E-state index contributed by atoms with van der Waals surface area (Å²) in [6.45, 7) is 0.919. The first-order chi connectivity index (χ1) is 14.1. The van der Waals surface area contributed by atoms with E-state index in [1.165, 1.54) is 22.3 Å². The standard InChI is InChI=1S/C23H23NO5/c25-21(26)11-15-12-24(23(9-10-23)14-29-15)22(27)28-13-20-18-7-3-1-5-16(18)17-6-2-4-8-19(17)20/h1-8,15,20H,9-14H2,(H,25,26). The average Bonchev–Trinajstić information content (AvgIpc) is 3.42. The molecule has 2 aromatic rings. The van der Waals surface area contributed by atoms with Crippen molar-refractivity contribution in [2.75, 3.05) is 19.8 Å². The van der Waals surface area contributed by atoms with Gasteiger partial charge < -0.3 is 14.6 Å². The number of carbonyl (C=O) groups excluding carboxylic acids is 1. The number of benzene rings is 2. The van der Waals surface area contributed by atoms with Gasteiger partial charge in [0.25, 0.3) is 0 Å². The van der Waals surface area contributed by atoms with Crippen molar-refractivity contribution in [1.29, 1.82) is 0 Å². The maximum absolute atomic E-state index is 13.0. The number of carbonyl (C=O) groups is 2. The normalized spacial score (nSPS) is 21.5. The summed E-state index contributed by atoms with van der Waals surface area (Å²) in [4.78, 5) is 25.7. The Morgan fingerprint density at radius 1 is 1.07 bits per heavy atom. The summed E-state index contributed by atoms with van der Waals surface area (Å²) in [5.74, 6) is -0.911. The molecule has 1 spiro atoms. The number of morpholine rings is 1. The number of nitrogens with zero attached hydrogens (tertiary/aromatic N) is 1. The highest BCUT2D eigenvalue weighted by Crippen LogP contribution is 2.46. The molecule has 0 aromatic heterocycles. The van der Waals surface area contributed by atoms with Crippen LogP contribution in [0.3, 0.4) is 0 Å². The van der Waals surface area contributed by atoms with Gasteiger partial charge in [-0.25, -0.2) is 4.79 Å². The first kappa shape index (κ1) is 18.2. The van der Waals surface area contributed by atoms with Crippen LogP contribution in [0, 0.1) is 0 Å². The molecule has 1 atom stereocenters. The minimum atomic E-state index is -0.922. The van der Waals surface area contributed by atoms with Crippen molar-refractivity contribution >= 4 is 12.1 Å². The third-order valence-corrected chi connectivity index (χ3v) is 6.33. The Labute approximate surface area is 169 Å². The number of hydrogen-bond donors (Lipinski definition) is 1. The van der Waals surface area contributed by atoms with Crippen LogP contribution in [0.4, 0.5) is 4.79 Å². The Morgan fingerprint density at radius 3 is 2.28 bits per heavy atom. The lowest BCUT2D eigenvalue weighted by atomic mass is 9.98. The first-order valence-electron chi connectivity index (χ1n) is 10.0. The van der Waals surface area contributed by atoms with Crippen LogP contribution in [0.1, 0.15) is 36.3 Å². The van der Waals surface area contributed by atoms with E-state index in [0.717, 1.165) is 12.8 Å². The van der Waals surface area contributed by atoms with E-state index in [1.54, 1.807) is 4.90 Å². The number of aliphatic carboxylic acids is 1. The van der Waals surface area contributed by atoms with Gasteiger partial charge in [0.2, 0.25) is 0 Å². The molecule has 3 aliphatic rings. The van der Waals surface area contributed by atoms with E-state index in [2.05, 4.69) is 24.3 Å². The molecule has 1 unspecified atom stereocenters. The van der Waals surface area contributed by atoms with Crippen LogP contribution >= 0.6 is 0 Å². The Hall–Kier alpha value is -2.86. The molecule has 150 valence electrons. The SMILES string of the molecule is O=C(O)CC1CN(C(=O)OCC2c3ccccc3-c3ccccc32)C2(CC2)CO1. The minimum Gasteiger partial charge on any atom is -0.481 e. The molecule has 1 saturated carbocycles. The van der Waals surface area contributed by atoms with Crippen molar-refractivity contribution in [3.8, 4) is 11.1 Å². The maximum Gasteiger partial charge on any atom is 0.410 e. The van der Waals surface area contributed by atoms with E-state index < -0.39 is 12.1 Å². The predicted molar refractivity (Wildman–Crippen MR) is 106 cm³/mol. The summed E-state index contributed by atoms with van der Waals surface area (Å²) in [6.07, 6.45) is 0.777. The summed E-state index contributed by atoms with van der Waals surface area (Å²) in [7, 11) is 0. The van der Waals surface area contributed by atoms with Gasteiger partial charge in [0.15, 0.2) is 0 Å². The zero-order valence-corrected chi connectivity index (χ0v) is 16.0. The minimum absolute atomic E-state index is 0.0114. The van der Waals surface area contributed by atoms with E-state index in [0.29, 0.717) is 6.61 Å². The molecule has 5 rings (SSSR count). The van der Waals surface area contributed by atoms with Gasteiger partial charge in [-0.15, -0.1) is 0 Å². The molecule has 29 heavy (non-hydrogen) atoms. The maximum atomic E-state index is 13.0. The van der Waals surface area contributed by atoms with Crippen LogP contribution in [0.2, 0.25) is 0 Å². The fourth-order valence-electron chi connectivity index (χ4n) is 4.62. The molecule has 1 aliphatic heterocycles. The Balaban J connectivity index is 1.32. The molecule has 0 bridgehead atoms. The summed E-state index contributed by atoms with van der Waals surface area (Å²) in [6, 6.07) is 16.5. The van der Waals surface area contributed by atoms with Gasteiger partial charge in [0, 0.05) is 5.92 Å². The van der Waals surface area contributed by atoms with Crippen LogP contribution in [0.5, 0.6) is 0 Å². The summed E-state index contributed by atoms with van der Waals surface area (Å²) in [5, 5.41) is 9.05. The van der Waals surface area contributed by atoms with Crippen LogP contribution in [-0.2, 0) is 14.3 Å². The summed E-state index contributed by atoms with van der Waals surface area (Å²) < 4.78 is 11.5. The number of carboxylic acid groups (broad SMARTS) is 1. The van der Waals surface area contributed by atoms with Crippen LogP contribution < -0.4 is 0 Å². The second-order valence-corrected chi connectivity index (χ2v) is 8.17. The molecule has 1 amide bonds. The molecule has 6 heteroatoms. The van der Waals surface area contributed by atoms with Gasteiger partial charge >= 0.3 is 12.1 Å². The van der Waals surface area contributed by atoms with Crippen molar-refractivity contribution in [2.24, 2.45) is 0 Å².